The molecule has 0 aliphatic heterocycles. The van der Waals surface area contributed by atoms with Gasteiger partial charge >= 0.3 is 0 Å². The van der Waals surface area contributed by atoms with Crippen LogP contribution in [-0.2, 0) is 9.59 Å². The normalized spacial score (nSPS) is 48.1. The highest BCUT2D eigenvalue weighted by Crippen LogP contribution is 2.74. The van der Waals surface area contributed by atoms with Gasteiger partial charge in [0, 0.05) is 17.4 Å². The molecule has 0 bridgehead atoms. The number of aliphatic hydroxyl groups excluding tert-OH is 1. The van der Waals surface area contributed by atoms with Gasteiger partial charge in [0.2, 0.25) is 5.78 Å². The third-order valence-corrected chi connectivity index (χ3v) is 10.7. The highest BCUT2D eigenvalue weighted by Gasteiger charge is 2.67. The van der Waals surface area contributed by atoms with E-state index >= 15 is 0 Å². The number of allylic oxidation sites excluding steroid dienone is 7. The van der Waals surface area contributed by atoms with E-state index in [9.17, 15) is 19.8 Å². The summed E-state index contributed by atoms with van der Waals surface area (Å²) >= 11 is 0. The Hall–Kier alpha value is -1.94. The van der Waals surface area contributed by atoms with E-state index in [2.05, 4.69) is 39.8 Å². The second kappa shape index (κ2) is 6.14. The molecule has 0 aromatic heterocycles. The molecular formula is C28H36O4. The van der Waals surface area contributed by atoms with Gasteiger partial charge in [0.25, 0.3) is 0 Å². The van der Waals surface area contributed by atoms with Crippen LogP contribution in [0.3, 0.4) is 0 Å². The van der Waals surface area contributed by atoms with Gasteiger partial charge in [0.05, 0.1) is 0 Å². The summed E-state index contributed by atoms with van der Waals surface area (Å²) in [6, 6.07) is 0. The van der Waals surface area contributed by atoms with E-state index in [0.29, 0.717) is 18.4 Å². The quantitative estimate of drug-likeness (QED) is 0.523. The lowest BCUT2D eigenvalue weighted by Crippen LogP contribution is -2.64. The Balaban J connectivity index is 1.66. The largest absolute Gasteiger partial charge is 0.504 e. The minimum atomic E-state index is -1.25. The summed E-state index contributed by atoms with van der Waals surface area (Å²) in [5.41, 5.74) is 2.33. The number of fused-ring (bicyclic) bond motifs is 7. The van der Waals surface area contributed by atoms with E-state index in [1.54, 1.807) is 13.0 Å². The molecule has 5 rings (SSSR count). The molecule has 0 unspecified atom stereocenters. The summed E-state index contributed by atoms with van der Waals surface area (Å²) in [7, 11) is 0. The fourth-order valence-electron chi connectivity index (χ4n) is 8.32. The molecule has 3 saturated carbocycles. The van der Waals surface area contributed by atoms with E-state index in [1.165, 1.54) is 5.57 Å². The maximum absolute atomic E-state index is 12.7. The predicted octanol–water partition coefficient (Wildman–Crippen LogP) is 5.54. The first kappa shape index (κ1) is 21.9. The van der Waals surface area contributed by atoms with Crippen LogP contribution in [0.5, 0.6) is 0 Å². The van der Waals surface area contributed by atoms with Crippen molar-refractivity contribution in [1.82, 2.24) is 0 Å². The molecule has 0 aromatic carbocycles. The monoisotopic (exact) mass is 436 g/mol. The maximum atomic E-state index is 12.7. The van der Waals surface area contributed by atoms with Gasteiger partial charge in [-0.3, -0.25) is 9.59 Å². The number of hydrogen-bond donors (Lipinski definition) is 2. The summed E-state index contributed by atoms with van der Waals surface area (Å²) in [5, 5.41) is 21.2. The van der Waals surface area contributed by atoms with Crippen molar-refractivity contribution >= 4 is 11.6 Å². The molecule has 5 aliphatic rings. The molecule has 3 fully saturated rings. The summed E-state index contributed by atoms with van der Waals surface area (Å²) < 4.78 is 0. The van der Waals surface area contributed by atoms with Crippen molar-refractivity contribution in [1.29, 1.82) is 0 Å². The first-order valence-electron chi connectivity index (χ1n) is 12.1. The Kier molecular flexibility index (Phi) is 4.20. The molecule has 172 valence electrons. The minimum Gasteiger partial charge on any atom is -0.504 e. The average Bonchev–Trinajstić information content (AvgIpc) is 2.71. The van der Waals surface area contributed by atoms with E-state index in [1.807, 2.05) is 6.92 Å². The summed E-state index contributed by atoms with van der Waals surface area (Å²) in [5.74, 6) is -0.199. The molecule has 32 heavy (non-hydrogen) atoms. The minimum absolute atomic E-state index is 0.0125. The van der Waals surface area contributed by atoms with Crippen LogP contribution in [-0.4, -0.2) is 27.4 Å². The standard InChI is InChI=1S/C28H36O4/c1-16-17-7-8-20-25(3,18(17)13-19(29)23(16)31)10-12-27(5)21-14-28(6,32)22(30)15-24(21,2)9-11-26(20,27)4/h7-8,13,21,31-32H,9-12,14-15H2,1-6H3/t21-,24-,25-,26+,27+,28-/m0/s1. The van der Waals surface area contributed by atoms with Crippen molar-refractivity contribution in [3.05, 3.63) is 46.3 Å². The second-order valence-electron chi connectivity index (χ2n) is 12.4. The van der Waals surface area contributed by atoms with Crippen molar-refractivity contribution in [2.45, 2.75) is 85.7 Å². The number of ketones is 2. The number of hydrogen-bond acceptors (Lipinski definition) is 4. The number of Topliss-reactive ketones (excluding diaryl/α,β-unsaturated/α-hetero) is 1. The Morgan fingerprint density at radius 3 is 2.34 bits per heavy atom. The fraction of sp³-hybridized carbons (Fsp3) is 0.643. The molecule has 6 atom stereocenters. The molecular weight excluding hydrogens is 400 g/mol. The van der Waals surface area contributed by atoms with Crippen molar-refractivity contribution in [2.75, 3.05) is 0 Å². The summed E-state index contributed by atoms with van der Waals surface area (Å²) in [6.07, 6.45) is 10.8. The van der Waals surface area contributed by atoms with Crippen LogP contribution in [0.4, 0.5) is 0 Å². The summed E-state index contributed by atoms with van der Waals surface area (Å²) in [4.78, 5) is 25.3. The Morgan fingerprint density at radius 2 is 1.66 bits per heavy atom. The first-order chi connectivity index (χ1) is 14.7. The Bertz CT molecular complexity index is 1080. The zero-order valence-electron chi connectivity index (χ0n) is 20.3. The fourth-order valence-corrected chi connectivity index (χ4v) is 8.32. The van der Waals surface area contributed by atoms with Crippen molar-refractivity contribution in [2.24, 2.45) is 27.6 Å². The molecule has 4 heteroatoms. The average molecular weight is 437 g/mol. The van der Waals surface area contributed by atoms with Gasteiger partial charge in [0.15, 0.2) is 11.5 Å². The second-order valence-corrected chi connectivity index (χ2v) is 12.4. The Morgan fingerprint density at radius 1 is 0.969 bits per heavy atom. The summed E-state index contributed by atoms with van der Waals surface area (Å²) in [6.45, 7) is 12.8. The van der Waals surface area contributed by atoms with Gasteiger partial charge in [-0.2, -0.15) is 0 Å². The van der Waals surface area contributed by atoms with E-state index in [0.717, 1.165) is 36.8 Å². The van der Waals surface area contributed by atoms with Gasteiger partial charge in [0.1, 0.15) is 5.60 Å². The molecule has 0 spiro atoms. The van der Waals surface area contributed by atoms with E-state index in [4.69, 9.17) is 0 Å². The lowest BCUT2D eigenvalue weighted by Gasteiger charge is -2.69. The van der Waals surface area contributed by atoms with E-state index < -0.39 is 5.60 Å². The molecule has 5 aliphatic carbocycles. The van der Waals surface area contributed by atoms with Crippen LogP contribution < -0.4 is 0 Å². The topological polar surface area (TPSA) is 74.6 Å². The van der Waals surface area contributed by atoms with Crippen molar-refractivity contribution < 1.29 is 19.8 Å². The zero-order valence-corrected chi connectivity index (χ0v) is 20.3. The van der Waals surface area contributed by atoms with Crippen molar-refractivity contribution in [3.63, 3.8) is 0 Å². The number of aliphatic hydroxyl groups is 2. The van der Waals surface area contributed by atoms with Crippen molar-refractivity contribution in [3.8, 4) is 0 Å². The van der Waals surface area contributed by atoms with Gasteiger partial charge in [-0.1, -0.05) is 45.4 Å². The molecule has 0 amide bonds. The Labute approximate surface area is 191 Å². The third-order valence-electron chi connectivity index (χ3n) is 10.7. The smallest absolute Gasteiger partial charge is 0.220 e. The van der Waals surface area contributed by atoms with Gasteiger partial charge in [-0.15, -0.1) is 0 Å². The molecule has 4 nitrogen and oxygen atoms in total. The molecule has 0 aromatic rings. The molecule has 0 radical (unpaired) electrons. The van der Waals surface area contributed by atoms with Crippen LogP contribution in [0.1, 0.15) is 80.1 Å². The maximum Gasteiger partial charge on any atom is 0.220 e. The van der Waals surface area contributed by atoms with Gasteiger partial charge in [-0.05, 0) is 85.3 Å². The van der Waals surface area contributed by atoms with Crippen LogP contribution in [0, 0.1) is 27.6 Å². The first-order valence-corrected chi connectivity index (χ1v) is 12.1. The molecule has 0 saturated heterocycles. The third kappa shape index (κ3) is 2.42. The number of carbonyl (C=O) groups excluding carboxylic acids is 2. The molecule has 2 N–H and O–H groups in total. The molecule has 0 heterocycles. The van der Waals surface area contributed by atoms with Crippen LogP contribution >= 0.6 is 0 Å². The zero-order chi connectivity index (χ0) is 23.5. The van der Waals surface area contributed by atoms with Crippen LogP contribution in [0.25, 0.3) is 0 Å². The lowest BCUT2D eigenvalue weighted by atomic mass is 9.35. The highest BCUT2D eigenvalue weighted by atomic mass is 16.3. The van der Waals surface area contributed by atoms with E-state index in [-0.39, 0.29) is 44.9 Å². The SMILES string of the molecule is CC1=C(O)C(=O)C=C2C1=CC=C1[C@@]2(C)CC[C@]2(C)[C@H]3C[C@](C)(O)C(=O)C[C@]3(C)CC[C@]12C. The highest BCUT2D eigenvalue weighted by molar-refractivity contribution is 6.06. The number of rotatable bonds is 0. The van der Waals surface area contributed by atoms with Gasteiger partial charge < -0.3 is 10.2 Å². The van der Waals surface area contributed by atoms with Gasteiger partial charge in [-0.25, -0.2) is 0 Å². The predicted molar refractivity (Wildman–Crippen MR) is 124 cm³/mol. The van der Waals surface area contributed by atoms with Crippen LogP contribution in [0.15, 0.2) is 46.3 Å². The number of carbonyl (C=O) groups is 2. The van der Waals surface area contributed by atoms with Crippen LogP contribution in [0.2, 0.25) is 0 Å². The lowest BCUT2D eigenvalue weighted by molar-refractivity contribution is -0.184.